The summed E-state index contributed by atoms with van der Waals surface area (Å²) >= 11 is 0. The molecule has 0 saturated heterocycles. The van der Waals surface area contributed by atoms with Crippen molar-refractivity contribution in [2.75, 3.05) is 0 Å². The number of hydrogen-bond donors (Lipinski definition) is 0. The van der Waals surface area contributed by atoms with E-state index in [1.54, 1.807) is 0 Å². The quantitative estimate of drug-likeness (QED) is 0.188. The molecule has 0 aliphatic rings. The Morgan fingerprint density at radius 1 is 0.320 bits per heavy atom. The van der Waals surface area contributed by atoms with E-state index in [9.17, 15) is 0 Å². The molecule has 6 aromatic carbocycles. The van der Waals surface area contributed by atoms with E-state index in [2.05, 4.69) is 167 Å². The summed E-state index contributed by atoms with van der Waals surface area (Å²) in [5, 5.41) is 2.30. The lowest BCUT2D eigenvalue weighted by molar-refractivity contribution is 1.17. The van der Waals surface area contributed by atoms with Crippen molar-refractivity contribution in [3.63, 3.8) is 0 Å². The summed E-state index contributed by atoms with van der Waals surface area (Å²) in [6.07, 6.45) is 3.75. The zero-order valence-electron chi connectivity index (χ0n) is 27.1. The Morgan fingerprint density at radius 3 is 1.18 bits per heavy atom. The Balaban J connectivity index is 1.24. The average Bonchev–Trinajstić information content (AvgIpc) is 3.71. The molecule has 0 atom stereocenters. The van der Waals surface area contributed by atoms with Crippen molar-refractivity contribution in [1.82, 2.24) is 19.1 Å². The Kier molecular flexibility index (Phi) is 6.46. The molecule has 0 radical (unpaired) electrons. The molecule has 4 heterocycles. The summed E-state index contributed by atoms with van der Waals surface area (Å²) in [6, 6.07) is 60.7. The zero-order valence-corrected chi connectivity index (χ0v) is 27.1. The van der Waals surface area contributed by atoms with Crippen molar-refractivity contribution in [3.8, 4) is 44.8 Å². The zero-order chi connectivity index (χ0) is 33.0. The Hall–Kier alpha value is -6.78. The summed E-state index contributed by atoms with van der Waals surface area (Å²) in [7, 11) is 0. The molecule has 0 fully saturated rings. The molecular formula is C46H30N4. The topological polar surface area (TPSA) is 35.6 Å². The van der Waals surface area contributed by atoms with Crippen molar-refractivity contribution in [3.05, 3.63) is 182 Å². The van der Waals surface area contributed by atoms with Crippen LogP contribution in [0.1, 0.15) is 0 Å². The molecule has 10 rings (SSSR count). The summed E-state index contributed by atoms with van der Waals surface area (Å²) in [5.74, 6) is 0. The number of hydrogen-bond acceptors (Lipinski definition) is 2. The fourth-order valence-corrected chi connectivity index (χ4v) is 7.65. The van der Waals surface area contributed by atoms with E-state index in [1.165, 1.54) is 33.4 Å². The maximum absolute atomic E-state index is 4.79. The van der Waals surface area contributed by atoms with Gasteiger partial charge in [-0.05, 0) is 94.0 Å². The van der Waals surface area contributed by atoms with Crippen LogP contribution in [0.3, 0.4) is 0 Å². The number of para-hydroxylation sites is 2. The third kappa shape index (κ3) is 4.39. The van der Waals surface area contributed by atoms with Crippen molar-refractivity contribution in [2.45, 2.75) is 0 Å². The second kappa shape index (κ2) is 11.4. The molecule has 234 valence electrons. The largest absolute Gasteiger partial charge is 0.308 e. The predicted octanol–water partition coefficient (Wildman–Crippen LogP) is 11.7. The lowest BCUT2D eigenvalue weighted by atomic mass is 9.88. The van der Waals surface area contributed by atoms with Crippen LogP contribution in [0.25, 0.3) is 88.6 Å². The molecule has 50 heavy (non-hydrogen) atoms. The maximum Gasteiger partial charge on any atom is 0.0963 e. The highest BCUT2D eigenvalue weighted by molar-refractivity contribution is 6.08. The average molecular weight is 639 g/mol. The van der Waals surface area contributed by atoms with Crippen molar-refractivity contribution < 1.29 is 0 Å². The number of fused-ring (bicyclic) bond motifs is 6. The minimum Gasteiger partial charge on any atom is -0.308 e. The SMILES string of the molecule is c1ccc(-c2cc(-n3c4ccccc4c4ncccc43)ccc2-c2ccc(-n3c4ccccc4c4ncccc43)cc2-c2ccccc2)cc1. The molecule has 0 aliphatic heterocycles. The second-order valence-electron chi connectivity index (χ2n) is 12.6. The molecule has 0 N–H and O–H groups in total. The van der Waals surface area contributed by atoms with Crippen molar-refractivity contribution in [1.29, 1.82) is 0 Å². The maximum atomic E-state index is 4.79. The van der Waals surface area contributed by atoms with E-state index >= 15 is 0 Å². The monoisotopic (exact) mass is 638 g/mol. The van der Waals surface area contributed by atoms with Crippen LogP contribution in [0.5, 0.6) is 0 Å². The van der Waals surface area contributed by atoms with Gasteiger partial charge in [-0.1, -0.05) is 109 Å². The van der Waals surface area contributed by atoms with Crippen LogP contribution in [-0.4, -0.2) is 19.1 Å². The number of nitrogens with zero attached hydrogens (tertiary/aromatic N) is 4. The number of rotatable bonds is 5. The van der Waals surface area contributed by atoms with Gasteiger partial charge in [0.1, 0.15) is 0 Å². The van der Waals surface area contributed by atoms with Gasteiger partial charge in [0, 0.05) is 34.5 Å². The van der Waals surface area contributed by atoms with Crippen LogP contribution in [0.15, 0.2) is 182 Å². The van der Waals surface area contributed by atoms with Crippen LogP contribution >= 0.6 is 0 Å². The van der Waals surface area contributed by atoms with Gasteiger partial charge >= 0.3 is 0 Å². The summed E-state index contributed by atoms with van der Waals surface area (Å²) in [5.41, 5.74) is 15.7. The van der Waals surface area contributed by atoms with E-state index in [0.717, 1.165) is 55.2 Å². The molecule has 0 spiro atoms. The molecule has 0 aliphatic carbocycles. The van der Waals surface area contributed by atoms with Gasteiger partial charge in [-0.3, -0.25) is 9.97 Å². The molecular weight excluding hydrogens is 609 g/mol. The van der Waals surface area contributed by atoms with Crippen molar-refractivity contribution >= 4 is 43.9 Å². The molecule has 0 amide bonds. The molecule has 0 unspecified atom stereocenters. The molecule has 4 nitrogen and oxygen atoms in total. The van der Waals surface area contributed by atoms with Crippen molar-refractivity contribution in [2.24, 2.45) is 0 Å². The Bertz CT molecular complexity index is 2560. The minimum absolute atomic E-state index is 1.01. The van der Waals surface area contributed by atoms with Crippen LogP contribution in [0.2, 0.25) is 0 Å². The van der Waals surface area contributed by atoms with Crippen LogP contribution in [0.4, 0.5) is 0 Å². The minimum atomic E-state index is 1.01. The third-order valence-corrected chi connectivity index (χ3v) is 9.84. The standard InChI is InChI=1S/C46H30N4/c1-3-13-31(14-4-1)39-29-33(49-41-19-9-7-17-37(41)45-43(49)21-11-27-47-45)23-25-35(39)36-26-24-34(30-40(36)32-15-5-2-6-16-32)50-42-20-10-8-18-38(42)46-44(50)22-12-28-48-46/h1-30H. The smallest absolute Gasteiger partial charge is 0.0963 e. The number of benzene rings is 6. The highest BCUT2D eigenvalue weighted by Crippen LogP contribution is 2.42. The predicted molar refractivity (Wildman–Crippen MR) is 207 cm³/mol. The van der Waals surface area contributed by atoms with E-state index in [0.29, 0.717) is 0 Å². The lowest BCUT2D eigenvalue weighted by Crippen LogP contribution is -1.98. The lowest BCUT2D eigenvalue weighted by Gasteiger charge is -2.19. The fourth-order valence-electron chi connectivity index (χ4n) is 7.65. The Morgan fingerprint density at radius 2 is 0.720 bits per heavy atom. The van der Waals surface area contributed by atoms with Crippen LogP contribution in [-0.2, 0) is 0 Å². The number of aromatic nitrogens is 4. The van der Waals surface area contributed by atoms with Gasteiger partial charge in [-0.25, -0.2) is 0 Å². The first kappa shape index (κ1) is 28.3. The first-order valence-electron chi connectivity index (χ1n) is 16.9. The van der Waals surface area contributed by atoms with Crippen LogP contribution in [0, 0.1) is 0 Å². The number of pyridine rings is 2. The molecule has 0 bridgehead atoms. The first-order valence-corrected chi connectivity index (χ1v) is 16.9. The highest BCUT2D eigenvalue weighted by Gasteiger charge is 2.19. The van der Waals surface area contributed by atoms with E-state index in [1.807, 2.05) is 24.5 Å². The van der Waals surface area contributed by atoms with Gasteiger partial charge in [-0.15, -0.1) is 0 Å². The summed E-state index contributed by atoms with van der Waals surface area (Å²) in [6.45, 7) is 0. The van der Waals surface area contributed by atoms with Gasteiger partial charge in [0.25, 0.3) is 0 Å². The normalized spacial score (nSPS) is 11.6. The summed E-state index contributed by atoms with van der Waals surface area (Å²) in [4.78, 5) is 9.57. The summed E-state index contributed by atoms with van der Waals surface area (Å²) < 4.78 is 4.68. The molecule has 0 saturated carbocycles. The van der Waals surface area contributed by atoms with E-state index in [4.69, 9.17) is 9.97 Å². The van der Waals surface area contributed by atoms with Gasteiger partial charge in [-0.2, -0.15) is 0 Å². The fraction of sp³-hybridized carbons (Fsp3) is 0. The first-order chi connectivity index (χ1) is 24.8. The van der Waals surface area contributed by atoms with Crippen LogP contribution < -0.4 is 0 Å². The van der Waals surface area contributed by atoms with Gasteiger partial charge in [0.2, 0.25) is 0 Å². The Labute approximate surface area is 289 Å². The van der Waals surface area contributed by atoms with Gasteiger partial charge in [0.15, 0.2) is 0 Å². The molecule has 4 heteroatoms. The van der Waals surface area contributed by atoms with Gasteiger partial charge < -0.3 is 9.13 Å². The highest BCUT2D eigenvalue weighted by atomic mass is 15.0. The molecule has 4 aromatic heterocycles. The van der Waals surface area contributed by atoms with E-state index < -0.39 is 0 Å². The molecule has 10 aromatic rings. The second-order valence-corrected chi connectivity index (χ2v) is 12.6. The third-order valence-electron chi connectivity index (χ3n) is 9.84. The van der Waals surface area contributed by atoms with Gasteiger partial charge in [0.05, 0.1) is 33.1 Å². The van der Waals surface area contributed by atoms with E-state index in [-0.39, 0.29) is 0 Å².